The van der Waals surface area contributed by atoms with Crippen molar-refractivity contribution in [1.82, 2.24) is 9.97 Å². The fourth-order valence-corrected chi connectivity index (χ4v) is 1.96. The molecule has 0 unspecified atom stereocenters. The van der Waals surface area contributed by atoms with Gasteiger partial charge in [-0.25, -0.2) is 4.98 Å². The maximum absolute atomic E-state index is 5.64. The Bertz CT molecular complexity index is 485. The zero-order valence-electron chi connectivity index (χ0n) is 10.7. The number of imidazole rings is 1. The van der Waals surface area contributed by atoms with E-state index >= 15 is 0 Å². The molecule has 0 amide bonds. The Kier molecular flexibility index (Phi) is 3.19. The Hall–Kier alpha value is -1.55. The SMILES string of the molecule is CN(CCOCC1CC1)c1nc2ccccc2[nH]1. The molecule has 1 aromatic carbocycles. The van der Waals surface area contributed by atoms with Gasteiger partial charge in [0.2, 0.25) is 5.95 Å². The minimum absolute atomic E-state index is 0.768. The number of nitrogens with one attached hydrogen (secondary N) is 1. The molecule has 1 aliphatic carbocycles. The van der Waals surface area contributed by atoms with Crippen LogP contribution in [0.5, 0.6) is 0 Å². The first-order valence-electron chi connectivity index (χ1n) is 6.56. The zero-order valence-corrected chi connectivity index (χ0v) is 10.7. The van der Waals surface area contributed by atoms with Crippen LogP contribution in [0.25, 0.3) is 11.0 Å². The number of benzene rings is 1. The van der Waals surface area contributed by atoms with Gasteiger partial charge in [-0.05, 0) is 30.9 Å². The summed E-state index contributed by atoms with van der Waals surface area (Å²) >= 11 is 0. The molecule has 4 nitrogen and oxygen atoms in total. The van der Waals surface area contributed by atoms with Gasteiger partial charge in [-0.2, -0.15) is 0 Å². The van der Waals surface area contributed by atoms with Crippen molar-refractivity contribution in [3.8, 4) is 0 Å². The molecule has 96 valence electrons. The Morgan fingerprint density at radius 1 is 1.39 bits per heavy atom. The number of rotatable bonds is 6. The largest absolute Gasteiger partial charge is 0.379 e. The number of aromatic nitrogens is 2. The molecule has 2 aromatic rings. The summed E-state index contributed by atoms with van der Waals surface area (Å²) in [6.07, 6.45) is 2.69. The first-order valence-corrected chi connectivity index (χ1v) is 6.56. The van der Waals surface area contributed by atoms with Gasteiger partial charge in [-0.3, -0.25) is 0 Å². The van der Waals surface area contributed by atoms with Gasteiger partial charge < -0.3 is 14.6 Å². The average molecular weight is 245 g/mol. The van der Waals surface area contributed by atoms with Gasteiger partial charge in [0.15, 0.2) is 0 Å². The third kappa shape index (κ3) is 2.64. The van der Waals surface area contributed by atoms with Crippen molar-refractivity contribution in [3.05, 3.63) is 24.3 Å². The molecule has 1 saturated carbocycles. The smallest absolute Gasteiger partial charge is 0.203 e. The third-order valence-corrected chi connectivity index (χ3v) is 3.36. The first kappa shape index (κ1) is 11.5. The third-order valence-electron chi connectivity index (χ3n) is 3.36. The van der Waals surface area contributed by atoms with E-state index in [1.807, 2.05) is 31.3 Å². The number of likely N-dealkylation sites (N-methyl/N-ethyl adjacent to an activating group) is 1. The van der Waals surface area contributed by atoms with Crippen LogP contribution in [-0.4, -0.2) is 36.8 Å². The lowest BCUT2D eigenvalue weighted by atomic mass is 10.3. The van der Waals surface area contributed by atoms with Crippen molar-refractivity contribution in [2.24, 2.45) is 5.92 Å². The average Bonchev–Trinajstić information content (AvgIpc) is 3.10. The maximum Gasteiger partial charge on any atom is 0.203 e. The van der Waals surface area contributed by atoms with Gasteiger partial charge in [0.1, 0.15) is 0 Å². The summed E-state index contributed by atoms with van der Waals surface area (Å²) in [7, 11) is 2.04. The molecule has 0 atom stereocenters. The minimum atomic E-state index is 0.768. The molecule has 3 rings (SSSR count). The quantitative estimate of drug-likeness (QED) is 0.795. The lowest BCUT2D eigenvalue weighted by Gasteiger charge is -2.15. The summed E-state index contributed by atoms with van der Waals surface area (Å²) < 4.78 is 5.64. The predicted octanol–water partition coefficient (Wildman–Crippen LogP) is 2.43. The minimum Gasteiger partial charge on any atom is -0.379 e. The number of hydrogen-bond donors (Lipinski definition) is 1. The molecule has 1 aromatic heterocycles. The summed E-state index contributed by atoms with van der Waals surface area (Å²) in [6, 6.07) is 8.09. The summed E-state index contributed by atoms with van der Waals surface area (Å²) in [5.41, 5.74) is 2.09. The van der Waals surface area contributed by atoms with E-state index in [2.05, 4.69) is 14.9 Å². The van der Waals surface area contributed by atoms with Gasteiger partial charge in [0.25, 0.3) is 0 Å². The van der Waals surface area contributed by atoms with Gasteiger partial charge in [-0.1, -0.05) is 12.1 Å². The second kappa shape index (κ2) is 4.98. The highest BCUT2D eigenvalue weighted by Gasteiger charge is 2.21. The molecule has 0 aliphatic heterocycles. The highest BCUT2D eigenvalue weighted by molar-refractivity contribution is 5.77. The zero-order chi connectivity index (χ0) is 12.4. The number of hydrogen-bond acceptors (Lipinski definition) is 3. The van der Waals surface area contributed by atoms with Crippen LogP contribution in [0.1, 0.15) is 12.8 Å². The van der Waals surface area contributed by atoms with Crippen LogP contribution >= 0.6 is 0 Å². The van der Waals surface area contributed by atoms with Crippen LogP contribution in [0.2, 0.25) is 0 Å². The number of H-pyrrole nitrogens is 1. The van der Waals surface area contributed by atoms with E-state index in [0.717, 1.165) is 42.7 Å². The molecule has 4 heteroatoms. The van der Waals surface area contributed by atoms with Gasteiger partial charge >= 0.3 is 0 Å². The van der Waals surface area contributed by atoms with Crippen LogP contribution in [0.3, 0.4) is 0 Å². The van der Waals surface area contributed by atoms with E-state index in [1.54, 1.807) is 0 Å². The number of para-hydroxylation sites is 2. The number of aromatic amines is 1. The second-order valence-electron chi connectivity index (χ2n) is 5.02. The molecule has 1 fully saturated rings. The first-order chi connectivity index (χ1) is 8.83. The van der Waals surface area contributed by atoms with Crippen molar-refractivity contribution >= 4 is 17.0 Å². The van der Waals surface area contributed by atoms with Gasteiger partial charge in [-0.15, -0.1) is 0 Å². The molecule has 1 heterocycles. The van der Waals surface area contributed by atoms with Crippen LogP contribution < -0.4 is 4.90 Å². The summed E-state index contributed by atoms with van der Waals surface area (Å²) in [4.78, 5) is 9.97. The molecule has 18 heavy (non-hydrogen) atoms. The Morgan fingerprint density at radius 3 is 3.00 bits per heavy atom. The van der Waals surface area contributed by atoms with E-state index in [-0.39, 0.29) is 0 Å². The number of anilines is 1. The lowest BCUT2D eigenvalue weighted by molar-refractivity contribution is 0.130. The van der Waals surface area contributed by atoms with Crippen molar-refractivity contribution in [1.29, 1.82) is 0 Å². The van der Waals surface area contributed by atoms with Crippen molar-refractivity contribution in [3.63, 3.8) is 0 Å². The van der Waals surface area contributed by atoms with E-state index in [1.165, 1.54) is 12.8 Å². The second-order valence-corrected chi connectivity index (χ2v) is 5.02. The fourth-order valence-electron chi connectivity index (χ4n) is 1.96. The maximum atomic E-state index is 5.64. The molecule has 0 saturated heterocycles. The van der Waals surface area contributed by atoms with Crippen molar-refractivity contribution in [2.75, 3.05) is 31.7 Å². The Balaban J connectivity index is 1.55. The molecule has 0 radical (unpaired) electrons. The van der Waals surface area contributed by atoms with Crippen molar-refractivity contribution < 1.29 is 4.74 Å². The van der Waals surface area contributed by atoms with Crippen LogP contribution in [0.15, 0.2) is 24.3 Å². The van der Waals surface area contributed by atoms with E-state index in [0.29, 0.717) is 0 Å². The summed E-state index contributed by atoms with van der Waals surface area (Å²) in [6.45, 7) is 2.56. The van der Waals surface area contributed by atoms with E-state index in [4.69, 9.17) is 4.74 Å². The van der Waals surface area contributed by atoms with Crippen LogP contribution in [0.4, 0.5) is 5.95 Å². The molecule has 0 bridgehead atoms. The lowest BCUT2D eigenvalue weighted by Crippen LogP contribution is -2.23. The molecule has 1 N–H and O–H groups in total. The monoisotopic (exact) mass is 245 g/mol. The van der Waals surface area contributed by atoms with Crippen LogP contribution in [0, 0.1) is 5.92 Å². The normalized spacial score (nSPS) is 15.2. The topological polar surface area (TPSA) is 41.1 Å². The van der Waals surface area contributed by atoms with Crippen LogP contribution in [-0.2, 0) is 4.74 Å². The molecular weight excluding hydrogens is 226 g/mol. The standard InChI is InChI=1S/C14H19N3O/c1-17(8-9-18-10-11-6-7-11)14-15-12-4-2-3-5-13(12)16-14/h2-5,11H,6-10H2,1H3,(H,15,16). The van der Waals surface area contributed by atoms with Gasteiger partial charge in [0, 0.05) is 20.2 Å². The molecular formula is C14H19N3O. The molecule has 1 aliphatic rings. The molecule has 0 spiro atoms. The highest BCUT2D eigenvalue weighted by Crippen LogP contribution is 2.28. The summed E-state index contributed by atoms with van der Waals surface area (Å²) in [5, 5.41) is 0. The highest BCUT2D eigenvalue weighted by atomic mass is 16.5. The summed E-state index contributed by atoms with van der Waals surface area (Å²) in [5.74, 6) is 1.74. The predicted molar refractivity (Wildman–Crippen MR) is 72.9 cm³/mol. The van der Waals surface area contributed by atoms with E-state index < -0.39 is 0 Å². The van der Waals surface area contributed by atoms with E-state index in [9.17, 15) is 0 Å². The number of fused-ring (bicyclic) bond motifs is 1. The van der Waals surface area contributed by atoms with Gasteiger partial charge in [0.05, 0.1) is 17.6 Å². The van der Waals surface area contributed by atoms with Crippen molar-refractivity contribution in [2.45, 2.75) is 12.8 Å². The number of nitrogens with zero attached hydrogens (tertiary/aromatic N) is 2. The Morgan fingerprint density at radius 2 is 2.22 bits per heavy atom. The fraction of sp³-hybridized carbons (Fsp3) is 0.500. The Labute approximate surface area is 107 Å². The number of ether oxygens (including phenoxy) is 1.